The van der Waals surface area contributed by atoms with E-state index in [-0.39, 0.29) is 18.9 Å². The smallest absolute Gasteiger partial charge is 0.294 e. The van der Waals surface area contributed by atoms with Crippen LogP contribution in [0.15, 0.2) is 18.2 Å². The maximum Gasteiger partial charge on any atom is 0.294 e. The number of nitrogens with zero attached hydrogens (tertiary/aromatic N) is 2. The second-order valence-electron chi connectivity index (χ2n) is 4.80. The molecule has 0 saturated carbocycles. The fourth-order valence-electron chi connectivity index (χ4n) is 1.93. The quantitative estimate of drug-likeness (QED) is 0.575. The van der Waals surface area contributed by atoms with E-state index in [1.807, 2.05) is 0 Å². The third-order valence-electron chi connectivity index (χ3n) is 3.03. The van der Waals surface area contributed by atoms with Crippen molar-refractivity contribution in [2.75, 3.05) is 11.9 Å². The molecule has 2 rings (SSSR count). The van der Waals surface area contributed by atoms with E-state index in [0.29, 0.717) is 32.9 Å². The number of hydrogen-bond donors (Lipinski definition) is 1. The largest absolute Gasteiger partial charge is 0.314 e. The van der Waals surface area contributed by atoms with E-state index in [0.717, 1.165) is 4.88 Å². The molecular weight excluding hydrogens is 377 g/mol. The first-order valence-corrected chi connectivity index (χ1v) is 8.40. The van der Waals surface area contributed by atoms with Crippen molar-refractivity contribution < 1.29 is 14.7 Å². The predicted molar refractivity (Wildman–Crippen MR) is 92.3 cm³/mol. The van der Waals surface area contributed by atoms with Crippen LogP contribution in [0.3, 0.4) is 0 Å². The van der Waals surface area contributed by atoms with Gasteiger partial charge < -0.3 is 10.2 Å². The fraction of sp³-hybridized carbons (Fsp3) is 0.286. The average Bonchev–Trinajstić information content (AvgIpc) is 2.81. The van der Waals surface area contributed by atoms with E-state index in [1.54, 1.807) is 25.1 Å². The number of rotatable bonds is 7. The summed E-state index contributed by atoms with van der Waals surface area (Å²) in [5.41, 5.74) is 1.36. The maximum atomic E-state index is 12.1. The van der Waals surface area contributed by atoms with Gasteiger partial charge in [0.05, 0.1) is 12.1 Å². The Bertz CT molecular complexity index is 766. The summed E-state index contributed by atoms with van der Waals surface area (Å²) in [6.07, 6.45) is 0.442. The second-order valence-corrected chi connectivity index (χ2v) is 6.72. The number of carbonyl (C=O) groups excluding carboxylic acids is 1. The molecular formula is C14H13Cl2N3O4S. The van der Waals surface area contributed by atoms with Gasteiger partial charge in [-0.1, -0.05) is 29.3 Å². The molecule has 0 aliphatic rings. The normalized spacial score (nSPS) is 10.5. The Labute approximate surface area is 151 Å². The third-order valence-corrected chi connectivity index (χ3v) is 4.75. The van der Waals surface area contributed by atoms with Gasteiger partial charge in [0.1, 0.15) is 6.61 Å². The molecule has 0 spiro atoms. The molecule has 1 amide bonds. The Kier molecular flexibility index (Phi) is 6.36. The average molecular weight is 390 g/mol. The lowest BCUT2D eigenvalue weighted by Gasteiger charge is -2.04. The lowest BCUT2D eigenvalue weighted by Crippen LogP contribution is -2.14. The van der Waals surface area contributed by atoms with E-state index in [9.17, 15) is 14.9 Å². The monoisotopic (exact) mass is 389 g/mol. The summed E-state index contributed by atoms with van der Waals surface area (Å²) in [5, 5.41) is 13.4. The van der Waals surface area contributed by atoms with Crippen molar-refractivity contribution in [3.8, 4) is 0 Å². The molecule has 1 aromatic heterocycles. The van der Waals surface area contributed by atoms with Crippen molar-refractivity contribution in [3.05, 3.63) is 54.5 Å². The van der Waals surface area contributed by atoms with Crippen molar-refractivity contribution in [2.24, 2.45) is 0 Å². The summed E-state index contributed by atoms with van der Waals surface area (Å²) in [5.74, 6) is -0.263. The number of nitrogens with one attached hydrogen (secondary N) is 1. The van der Waals surface area contributed by atoms with Crippen LogP contribution in [0.4, 0.5) is 5.13 Å². The molecule has 0 saturated heterocycles. The van der Waals surface area contributed by atoms with Crippen molar-refractivity contribution in [2.45, 2.75) is 19.8 Å². The molecule has 1 aromatic carbocycles. The molecule has 0 aliphatic heterocycles. The van der Waals surface area contributed by atoms with Crippen LogP contribution < -0.4 is 5.32 Å². The zero-order chi connectivity index (χ0) is 17.7. The molecule has 0 unspecified atom stereocenters. The van der Waals surface area contributed by atoms with Gasteiger partial charge in [-0.05, 0) is 24.6 Å². The van der Waals surface area contributed by atoms with Crippen LogP contribution in [0, 0.1) is 17.0 Å². The van der Waals surface area contributed by atoms with Crippen LogP contribution in [0.25, 0.3) is 0 Å². The van der Waals surface area contributed by atoms with Gasteiger partial charge >= 0.3 is 0 Å². The first-order valence-electron chi connectivity index (χ1n) is 6.82. The second kappa shape index (κ2) is 8.27. The highest BCUT2D eigenvalue weighted by Crippen LogP contribution is 2.25. The van der Waals surface area contributed by atoms with E-state index in [2.05, 4.69) is 15.1 Å². The van der Waals surface area contributed by atoms with E-state index in [1.165, 1.54) is 11.3 Å². The van der Waals surface area contributed by atoms with Gasteiger partial charge in [-0.2, -0.15) is 0 Å². The Morgan fingerprint density at radius 3 is 2.88 bits per heavy atom. The van der Waals surface area contributed by atoms with Crippen molar-refractivity contribution in [1.29, 1.82) is 0 Å². The van der Waals surface area contributed by atoms with E-state index >= 15 is 0 Å². The Balaban J connectivity index is 1.95. The van der Waals surface area contributed by atoms with Crippen molar-refractivity contribution >= 4 is 45.6 Å². The zero-order valence-corrected chi connectivity index (χ0v) is 14.9. The summed E-state index contributed by atoms with van der Waals surface area (Å²) in [6, 6.07) is 4.93. The third kappa shape index (κ3) is 5.33. The number of amides is 1. The van der Waals surface area contributed by atoms with Gasteiger partial charge in [-0.25, -0.2) is 4.98 Å². The maximum absolute atomic E-state index is 12.1. The highest BCUT2D eigenvalue weighted by molar-refractivity contribution is 7.15. The standard InChI is InChI=1S/C14H13Cl2N3O4S/c1-8-12(4-5-23-19(21)22)24-14(17-8)18-13(20)6-9-2-3-10(15)7-11(9)16/h2-3,7H,4-6H2,1H3,(H,17,18,20). The molecule has 1 N–H and O–H groups in total. The lowest BCUT2D eigenvalue weighted by atomic mass is 10.1. The van der Waals surface area contributed by atoms with Crippen LogP contribution in [0.1, 0.15) is 16.1 Å². The minimum Gasteiger partial charge on any atom is -0.314 e. The molecule has 0 atom stereocenters. The molecule has 24 heavy (non-hydrogen) atoms. The van der Waals surface area contributed by atoms with Crippen LogP contribution in [0.5, 0.6) is 0 Å². The molecule has 7 nitrogen and oxygen atoms in total. The number of benzene rings is 1. The van der Waals surface area contributed by atoms with Gasteiger partial charge in [-0.15, -0.1) is 21.5 Å². The summed E-state index contributed by atoms with van der Waals surface area (Å²) in [6.45, 7) is 1.72. The zero-order valence-electron chi connectivity index (χ0n) is 12.5. The lowest BCUT2D eigenvalue weighted by molar-refractivity contribution is -0.757. The molecule has 2 aromatic rings. The first kappa shape index (κ1) is 18.4. The molecule has 128 valence electrons. The molecule has 0 fully saturated rings. The number of aromatic nitrogens is 1. The first-order chi connectivity index (χ1) is 11.3. The predicted octanol–water partition coefficient (Wildman–Crippen LogP) is 3.69. The summed E-state index contributed by atoms with van der Waals surface area (Å²) < 4.78 is 0. The van der Waals surface area contributed by atoms with Crippen molar-refractivity contribution in [3.63, 3.8) is 0 Å². The van der Waals surface area contributed by atoms with Gasteiger partial charge in [0.2, 0.25) is 5.91 Å². The SMILES string of the molecule is Cc1nc(NC(=O)Cc2ccc(Cl)cc2Cl)sc1CCO[N+](=O)[O-]. The highest BCUT2D eigenvalue weighted by Gasteiger charge is 2.13. The number of thiazole rings is 1. The fourth-order valence-corrected chi connectivity index (χ4v) is 3.36. The number of hydrogen-bond acceptors (Lipinski definition) is 6. The number of halogens is 2. The molecule has 10 heteroatoms. The van der Waals surface area contributed by atoms with E-state index < -0.39 is 5.09 Å². The van der Waals surface area contributed by atoms with Crippen molar-refractivity contribution in [1.82, 2.24) is 4.98 Å². The Morgan fingerprint density at radius 1 is 1.46 bits per heavy atom. The van der Waals surface area contributed by atoms with Crippen LogP contribution in [-0.4, -0.2) is 22.6 Å². The summed E-state index contributed by atoms with van der Waals surface area (Å²) in [7, 11) is 0. The minimum atomic E-state index is -0.838. The number of aryl methyl sites for hydroxylation is 1. The van der Waals surface area contributed by atoms with E-state index in [4.69, 9.17) is 23.2 Å². The number of anilines is 1. The van der Waals surface area contributed by atoms with Crippen LogP contribution in [-0.2, 0) is 22.5 Å². The van der Waals surface area contributed by atoms with Gasteiger partial charge in [0, 0.05) is 21.3 Å². The number of carbonyl (C=O) groups is 1. The molecule has 0 bridgehead atoms. The Morgan fingerprint density at radius 2 is 2.21 bits per heavy atom. The topological polar surface area (TPSA) is 94.4 Å². The van der Waals surface area contributed by atoms with Gasteiger partial charge in [-0.3, -0.25) is 4.79 Å². The molecule has 0 aliphatic carbocycles. The highest BCUT2D eigenvalue weighted by atomic mass is 35.5. The molecule has 0 radical (unpaired) electrons. The summed E-state index contributed by atoms with van der Waals surface area (Å²) in [4.78, 5) is 31.6. The Hall–Kier alpha value is -1.90. The van der Waals surface area contributed by atoms with Crippen LogP contribution >= 0.6 is 34.5 Å². The van der Waals surface area contributed by atoms with Gasteiger partial charge in [0.25, 0.3) is 5.09 Å². The minimum absolute atomic E-state index is 0.0518. The van der Waals surface area contributed by atoms with Gasteiger partial charge in [0.15, 0.2) is 5.13 Å². The molecule has 1 heterocycles. The van der Waals surface area contributed by atoms with Crippen LogP contribution in [0.2, 0.25) is 10.0 Å². The summed E-state index contributed by atoms with van der Waals surface area (Å²) >= 11 is 13.1.